The summed E-state index contributed by atoms with van der Waals surface area (Å²) < 4.78 is 0. The Morgan fingerprint density at radius 1 is 1.25 bits per heavy atom. The molecule has 2 N–H and O–H groups in total. The quantitative estimate of drug-likeness (QED) is 0.848. The summed E-state index contributed by atoms with van der Waals surface area (Å²) in [5, 5.41) is 3.60. The van der Waals surface area contributed by atoms with Gasteiger partial charge in [-0.25, -0.2) is 4.98 Å². The highest BCUT2D eigenvalue weighted by atomic mass is 35.5. The van der Waals surface area contributed by atoms with Gasteiger partial charge in [0, 0.05) is 22.8 Å². The van der Waals surface area contributed by atoms with Gasteiger partial charge in [0.15, 0.2) is 0 Å². The first-order valence-electron chi connectivity index (χ1n) is 6.58. The van der Waals surface area contributed by atoms with Crippen LogP contribution in [0.4, 0.5) is 0 Å². The zero-order chi connectivity index (χ0) is 14.3. The number of carbonyl (C=O) groups is 1. The van der Waals surface area contributed by atoms with E-state index >= 15 is 0 Å². The number of imidazole rings is 1. The topological polar surface area (TPSA) is 57.8 Å². The zero-order valence-corrected chi connectivity index (χ0v) is 12.2. The van der Waals surface area contributed by atoms with Crippen LogP contribution < -0.4 is 5.32 Å². The van der Waals surface area contributed by atoms with Gasteiger partial charge in [-0.3, -0.25) is 4.79 Å². The van der Waals surface area contributed by atoms with Gasteiger partial charge in [-0.05, 0) is 36.1 Å². The van der Waals surface area contributed by atoms with Crippen molar-refractivity contribution >= 4 is 17.5 Å². The van der Waals surface area contributed by atoms with Crippen molar-refractivity contribution in [3.63, 3.8) is 0 Å². The van der Waals surface area contributed by atoms with Crippen LogP contribution in [0.2, 0.25) is 5.02 Å². The Morgan fingerprint density at radius 2 is 1.95 bits per heavy atom. The number of amides is 1. The van der Waals surface area contributed by atoms with Gasteiger partial charge in [0.25, 0.3) is 5.91 Å². The highest BCUT2D eigenvalue weighted by Gasteiger charge is 2.29. The molecular formula is C15H16ClN3O. The van der Waals surface area contributed by atoms with Crippen molar-refractivity contribution in [3.8, 4) is 11.4 Å². The van der Waals surface area contributed by atoms with Gasteiger partial charge in [-0.15, -0.1) is 0 Å². The lowest BCUT2D eigenvalue weighted by Gasteiger charge is -2.21. The predicted molar refractivity (Wildman–Crippen MR) is 78.9 cm³/mol. The van der Waals surface area contributed by atoms with Crippen LogP contribution in [0.1, 0.15) is 30.0 Å². The van der Waals surface area contributed by atoms with Crippen LogP contribution in [0.5, 0.6) is 0 Å². The van der Waals surface area contributed by atoms with Crippen molar-refractivity contribution in [3.05, 3.63) is 40.7 Å². The average molecular weight is 290 g/mol. The Kier molecular flexibility index (Phi) is 3.05. The van der Waals surface area contributed by atoms with Crippen molar-refractivity contribution < 1.29 is 4.79 Å². The van der Waals surface area contributed by atoms with Gasteiger partial charge in [0.1, 0.15) is 11.5 Å². The van der Waals surface area contributed by atoms with Gasteiger partial charge in [0.05, 0.1) is 0 Å². The minimum Gasteiger partial charge on any atom is -0.350 e. The number of aromatic amines is 1. The lowest BCUT2D eigenvalue weighted by molar-refractivity contribution is 0.0940. The van der Waals surface area contributed by atoms with E-state index in [1.807, 2.05) is 24.3 Å². The maximum absolute atomic E-state index is 12.1. The number of hydrogen-bond donors (Lipinski definition) is 2. The fraction of sp³-hybridized carbons (Fsp3) is 0.333. The molecule has 2 aromatic rings. The fourth-order valence-corrected chi connectivity index (χ4v) is 2.54. The van der Waals surface area contributed by atoms with E-state index in [4.69, 9.17) is 11.6 Å². The van der Waals surface area contributed by atoms with Crippen molar-refractivity contribution in [2.24, 2.45) is 5.41 Å². The Balaban J connectivity index is 2.03. The molecule has 0 radical (unpaired) electrons. The van der Waals surface area contributed by atoms with Crippen LogP contribution >= 0.6 is 11.6 Å². The van der Waals surface area contributed by atoms with Crippen molar-refractivity contribution in [1.82, 2.24) is 15.3 Å². The number of aromatic nitrogens is 2. The van der Waals surface area contributed by atoms with E-state index in [0.717, 1.165) is 17.7 Å². The van der Waals surface area contributed by atoms with Gasteiger partial charge in [0.2, 0.25) is 0 Å². The van der Waals surface area contributed by atoms with E-state index in [1.165, 1.54) is 0 Å². The van der Waals surface area contributed by atoms with Crippen LogP contribution in [0.3, 0.4) is 0 Å². The smallest absolute Gasteiger partial charge is 0.271 e. The molecule has 1 aliphatic heterocycles. The first-order valence-corrected chi connectivity index (χ1v) is 6.95. The first-order chi connectivity index (χ1) is 9.44. The van der Waals surface area contributed by atoms with Crippen LogP contribution in [-0.4, -0.2) is 22.4 Å². The molecule has 0 aliphatic carbocycles. The molecule has 0 saturated heterocycles. The molecule has 1 aliphatic rings. The molecule has 0 saturated carbocycles. The molecule has 5 heteroatoms. The van der Waals surface area contributed by atoms with Crippen LogP contribution in [0, 0.1) is 5.41 Å². The predicted octanol–water partition coefficient (Wildman–Crippen LogP) is 3.04. The summed E-state index contributed by atoms with van der Waals surface area (Å²) in [5.41, 5.74) is 2.34. The molecule has 1 amide bonds. The molecule has 4 nitrogen and oxygen atoms in total. The third kappa shape index (κ3) is 2.43. The summed E-state index contributed by atoms with van der Waals surface area (Å²) in [5.74, 6) is 0.599. The van der Waals surface area contributed by atoms with E-state index in [1.54, 1.807) is 0 Å². The van der Waals surface area contributed by atoms with Gasteiger partial charge < -0.3 is 10.3 Å². The van der Waals surface area contributed by atoms with Gasteiger partial charge in [-0.1, -0.05) is 25.4 Å². The molecule has 1 aromatic heterocycles. The third-order valence-electron chi connectivity index (χ3n) is 3.49. The number of H-pyrrole nitrogens is 1. The number of rotatable bonds is 1. The molecule has 104 valence electrons. The molecule has 0 spiro atoms. The number of fused-ring (bicyclic) bond motifs is 1. The molecular weight excluding hydrogens is 274 g/mol. The molecule has 0 atom stereocenters. The van der Waals surface area contributed by atoms with Crippen LogP contribution in [0.15, 0.2) is 24.3 Å². The second-order valence-electron chi connectivity index (χ2n) is 5.94. The summed E-state index contributed by atoms with van der Waals surface area (Å²) in [6, 6.07) is 7.41. The Morgan fingerprint density at radius 3 is 2.65 bits per heavy atom. The fourth-order valence-electron chi connectivity index (χ4n) is 2.41. The second-order valence-corrected chi connectivity index (χ2v) is 6.38. The Bertz CT molecular complexity index is 658. The largest absolute Gasteiger partial charge is 0.350 e. The van der Waals surface area contributed by atoms with E-state index in [9.17, 15) is 4.79 Å². The summed E-state index contributed by atoms with van der Waals surface area (Å²) in [7, 11) is 0. The average Bonchev–Trinajstić information content (AvgIpc) is 2.76. The SMILES string of the molecule is CC1(C)CNC(=O)c2nc(-c3ccc(Cl)cc3)[nH]c2C1. The minimum atomic E-state index is -0.109. The summed E-state index contributed by atoms with van der Waals surface area (Å²) >= 11 is 5.89. The van der Waals surface area contributed by atoms with Gasteiger partial charge in [-0.2, -0.15) is 0 Å². The Hall–Kier alpha value is -1.81. The lowest BCUT2D eigenvalue weighted by atomic mass is 9.88. The highest BCUT2D eigenvalue weighted by Crippen LogP contribution is 2.28. The molecule has 2 heterocycles. The molecule has 1 aromatic carbocycles. The monoisotopic (exact) mass is 289 g/mol. The molecule has 0 fully saturated rings. The van der Waals surface area contributed by atoms with E-state index in [2.05, 4.69) is 29.1 Å². The normalized spacial score (nSPS) is 17.2. The zero-order valence-electron chi connectivity index (χ0n) is 11.5. The number of nitrogens with one attached hydrogen (secondary N) is 2. The number of nitrogens with zero attached hydrogens (tertiary/aromatic N) is 1. The maximum atomic E-state index is 12.1. The van der Waals surface area contributed by atoms with Crippen molar-refractivity contribution in [2.45, 2.75) is 20.3 Å². The van der Waals surface area contributed by atoms with Crippen molar-refractivity contribution in [1.29, 1.82) is 0 Å². The molecule has 20 heavy (non-hydrogen) atoms. The van der Waals surface area contributed by atoms with Crippen molar-refractivity contribution in [2.75, 3.05) is 6.54 Å². The molecule has 3 rings (SSSR count). The third-order valence-corrected chi connectivity index (χ3v) is 3.75. The summed E-state index contributed by atoms with van der Waals surface area (Å²) in [4.78, 5) is 19.8. The minimum absolute atomic E-state index is 0.0186. The van der Waals surface area contributed by atoms with E-state index in [0.29, 0.717) is 23.1 Å². The number of halogens is 1. The first kappa shape index (κ1) is 13.2. The molecule has 0 unspecified atom stereocenters. The van der Waals surface area contributed by atoms with Crippen LogP contribution in [-0.2, 0) is 6.42 Å². The number of carbonyl (C=O) groups excluding carboxylic acids is 1. The number of benzene rings is 1. The summed E-state index contributed by atoms with van der Waals surface area (Å²) in [6.45, 7) is 4.92. The maximum Gasteiger partial charge on any atom is 0.271 e. The Labute approximate surface area is 122 Å². The standard InChI is InChI=1S/C15H16ClN3O/c1-15(2)7-11-12(14(20)17-8-15)19-13(18-11)9-3-5-10(16)6-4-9/h3-6H,7-8H2,1-2H3,(H,17,20)(H,18,19). The highest BCUT2D eigenvalue weighted by molar-refractivity contribution is 6.30. The molecule has 0 bridgehead atoms. The van der Waals surface area contributed by atoms with Crippen LogP contribution in [0.25, 0.3) is 11.4 Å². The summed E-state index contributed by atoms with van der Waals surface area (Å²) in [6.07, 6.45) is 0.793. The number of hydrogen-bond acceptors (Lipinski definition) is 2. The van der Waals surface area contributed by atoms with Gasteiger partial charge >= 0.3 is 0 Å². The van der Waals surface area contributed by atoms with E-state index in [-0.39, 0.29) is 11.3 Å². The second kappa shape index (κ2) is 4.63. The van der Waals surface area contributed by atoms with E-state index < -0.39 is 0 Å². The lowest BCUT2D eigenvalue weighted by Crippen LogP contribution is -2.32.